The molecule has 0 saturated carbocycles. The molecule has 1 aromatic heterocycles. The molecule has 0 aliphatic carbocycles. The molecule has 0 bridgehead atoms. The number of piperidine rings is 1. The van der Waals surface area contributed by atoms with Gasteiger partial charge in [0.15, 0.2) is 5.78 Å². The van der Waals surface area contributed by atoms with Crippen LogP contribution in [0.25, 0.3) is 10.4 Å². The number of hydrogen-bond acceptors (Lipinski definition) is 5. The first-order chi connectivity index (χ1) is 15.3. The maximum atomic E-state index is 13.4. The molecule has 1 aliphatic heterocycles. The predicted octanol–water partition coefficient (Wildman–Crippen LogP) is 3.22. The minimum Gasteiger partial charge on any atom is -0.481 e. The molecular weight excluding hydrogens is 435 g/mol. The summed E-state index contributed by atoms with van der Waals surface area (Å²) in [5.41, 5.74) is 1.80. The van der Waals surface area contributed by atoms with Crippen molar-refractivity contribution in [3.8, 4) is 10.4 Å². The maximum Gasteiger partial charge on any atom is 0.305 e. The van der Waals surface area contributed by atoms with E-state index >= 15 is 0 Å². The van der Waals surface area contributed by atoms with Crippen LogP contribution in [0.2, 0.25) is 0 Å². The smallest absolute Gasteiger partial charge is 0.305 e. The summed E-state index contributed by atoms with van der Waals surface area (Å²) in [5, 5.41) is 11.3. The summed E-state index contributed by atoms with van der Waals surface area (Å²) in [6.07, 6.45) is 1.12. The van der Waals surface area contributed by atoms with Gasteiger partial charge < -0.3 is 15.3 Å². The van der Waals surface area contributed by atoms with E-state index in [1.165, 1.54) is 16.2 Å². The first kappa shape index (κ1) is 23.6. The molecule has 3 rings (SSSR count). The molecule has 1 aliphatic rings. The number of carboxylic acids is 1. The Morgan fingerprint density at radius 3 is 2.59 bits per heavy atom. The number of amides is 2. The van der Waals surface area contributed by atoms with Crippen LogP contribution in [-0.4, -0.2) is 58.9 Å². The van der Waals surface area contributed by atoms with Gasteiger partial charge in [-0.05, 0) is 43.4 Å². The average Bonchev–Trinajstić information content (AvgIpc) is 3.19. The van der Waals surface area contributed by atoms with Crippen molar-refractivity contribution in [1.82, 2.24) is 10.2 Å². The third-order valence-corrected chi connectivity index (χ3v) is 6.73. The molecule has 0 radical (unpaired) electrons. The molecule has 2 aromatic rings. The maximum absolute atomic E-state index is 13.4. The van der Waals surface area contributed by atoms with Crippen molar-refractivity contribution in [2.24, 2.45) is 0 Å². The van der Waals surface area contributed by atoms with Crippen LogP contribution < -0.4 is 5.32 Å². The van der Waals surface area contributed by atoms with E-state index in [4.69, 9.17) is 5.11 Å². The van der Waals surface area contributed by atoms with Crippen molar-refractivity contribution in [2.45, 2.75) is 44.7 Å². The van der Waals surface area contributed by atoms with E-state index in [1.54, 1.807) is 0 Å². The largest absolute Gasteiger partial charge is 0.481 e. The van der Waals surface area contributed by atoms with Crippen molar-refractivity contribution in [3.63, 3.8) is 0 Å². The number of rotatable bonds is 8. The van der Waals surface area contributed by atoms with Crippen molar-refractivity contribution < 1.29 is 28.7 Å². The number of carbonyl (C=O) groups is 4. The Labute approximate surface area is 189 Å². The Morgan fingerprint density at radius 2 is 1.94 bits per heavy atom. The van der Waals surface area contributed by atoms with Crippen LogP contribution in [0.15, 0.2) is 36.4 Å². The fourth-order valence-corrected chi connectivity index (χ4v) is 4.93. The quantitative estimate of drug-likeness (QED) is 0.630. The summed E-state index contributed by atoms with van der Waals surface area (Å²) in [7, 11) is 0. The van der Waals surface area contributed by atoms with Gasteiger partial charge in [-0.1, -0.05) is 30.3 Å². The van der Waals surface area contributed by atoms with Crippen molar-refractivity contribution >= 4 is 34.9 Å². The van der Waals surface area contributed by atoms with Crippen molar-refractivity contribution in [1.29, 1.82) is 0 Å². The van der Waals surface area contributed by atoms with E-state index in [0.717, 1.165) is 22.4 Å². The molecule has 9 heteroatoms. The number of nitrogens with zero attached hydrogens (tertiary/aromatic N) is 1. The summed E-state index contributed by atoms with van der Waals surface area (Å²) in [6.45, 7) is 0.843. The average molecular weight is 461 g/mol. The third-order valence-electron chi connectivity index (χ3n) is 5.45. The molecule has 1 saturated heterocycles. The second-order valence-corrected chi connectivity index (χ2v) is 8.81. The molecule has 2 N–H and O–H groups in total. The van der Waals surface area contributed by atoms with E-state index < -0.39 is 42.8 Å². The van der Waals surface area contributed by atoms with Gasteiger partial charge in [-0.2, -0.15) is 0 Å². The Balaban J connectivity index is 1.81. The van der Waals surface area contributed by atoms with Crippen molar-refractivity contribution in [2.75, 3.05) is 13.2 Å². The fourth-order valence-electron chi connectivity index (χ4n) is 3.80. The van der Waals surface area contributed by atoms with Crippen LogP contribution >= 0.6 is 11.3 Å². The van der Waals surface area contributed by atoms with Gasteiger partial charge in [-0.3, -0.25) is 19.2 Å². The van der Waals surface area contributed by atoms with Gasteiger partial charge in [0.05, 0.1) is 11.3 Å². The molecule has 2 heterocycles. The van der Waals surface area contributed by atoms with Gasteiger partial charge in [0.2, 0.25) is 5.91 Å². The number of benzene rings is 1. The highest BCUT2D eigenvalue weighted by atomic mass is 32.1. The summed E-state index contributed by atoms with van der Waals surface area (Å²) in [5.74, 6) is -3.24. The number of halogens is 1. The topological polar surface area (TPSA) is 104 Å². The Bertz CT molecular complexity index is 1010. The molecule has 0 spiro atoms. The van der Waals surface area contributed by atoms with E-state index in [1.807, 2.05) is 43.3 Å². The number of ketones is 1. The summed E-state index contributed by atoms with van der Waals surface area (Å²) >= 11 is 1.35. The highest BCUT2D eigenvalue weighted by molar-refractivity contribution is 7.17. The van der Waals surface area contributed by atoms with E-state index in [-0.39, 0.29) is 5.91 Å². The number of Topliss-reactive ketones (excluding diaryl/α,β-unsaturated/α-hetero) is 1. The van der Waals surface area contributed by atoms with E-state index in [9.17, 15) is 23.6 Å². The third kappa shape index (κ3) is 5.40. The van der Waals surface area contributed by atoms with Gasteiger partial charge in [-0.25, -0.2) is 4.39 Å². The monoisotopic (exact) mass is 460 g/mol. The molecule has 32 heavy (non-hydrogen) atoms. The van der Waals surface area contributed by atoms with Gasteiger partial charge in [0.1, 0.15) is 18.8 Å². The molecule has 1 fully saturated rings. The second-order valence-electron chi connectivity index (χ2n) is 7.76. The molecule has 7 nitrogen and oxygen atoms in total. The number of carboxylic acid groups (broad SMARTS) is 1. The van der Waals surface area contributed by atoms with Crippen LogP contribution in [0.1, 0.15) is 40.9 Å². The number of thiophene rings is 1. The van der Waals surface area contributed by atoms with Gasteiger partial charge in [0, 0.05) is 11.4 Å². The minimum absolute atomic E-state index is 0.277. The SMILES string of the molecule is Cc1cc(-c2ccccc2)sc1C(=O)N1CCCCC1C(=O)NC(CC(=O)O)C(=O)CF. The summed E-state index contributed by atoms with van der Waals surface area (Å²) in [6, 6.07) is 9.31. The first-order valence-corrected chi connectivity index (χ1v) is 11.2. The molecular formula is C23H25FN2O5S. The Morgan fingerprint density at radius 1 is 1.22 bits per heavy atom. The Hall–Kier alpha value is -3.07. The molecule has 170 valence electrons. The molecule has 2 amide bonds. The van der Waals surface area contributed by atoms with Crippen LogP contribution in [0, 0.1) is 6.92 Å². The standard InChI is InChI=1S/C23H25FN2O5S/c1-14-11-19(15-7-3-2-4-8-15)32-21(14)23(31)26-10-6-5-9-17(26)22(30)25-16(12-20(28)29)18(27)13-24/h2-4,7-8,11,16-17H,5-6,9-10,12-13H2,1H3,(H,25,30)(H,28,29). The first-order valence-electron chi connectivity index (χ1n) is 10.4. The van der Waals surface area contributed by atoms with E-state index in [0.29, 0.717) is 24.3 Å². The van der Waals surface area contributed by atoms with Crippen LogP contribution in [0.5, 0.6) is 0 Å². The fraction of sp³-hybridized carbons (Fsp3) is 0.391. The highest BCUT2D eigenvalue weighted by Gasteiger charge is 2.36. The lowest BCUT2D eigenvalue weighted by Gasteiger charge is -2.35. The number of hydrogen-bond donors (Lipinski definition) is 2. The lowest BCUT2D eigenvalue weighted by atomic mass is 9.99. The zero-order chi connectivity index (χ0) is 23.3. The normalized spacial score (nSPS) is 16.9. The second kappa shape index (κ2) is 10.5. The zero-order valence-electron chi connectivity index (χ0n) is 17.7. The molecule has 2 unspecified atom stereocenters. The number of carbonyl (C=O) groups excluding carboxylic acids is 3. The zero-order valence-corrected chi connectivity index (χ0v) is 18.5. The minimum atomic E-state index is -1.46. The van der Waals surface area contributed by atoms with Crippen LogP contribution in [0.4, 0.5) is 4.39 Å². The predicted molar refractivity (Wildman–Crippen MR) is 118 cm³/mol. The van der Waals surface area contributed by atoms with Gasteiger partial charge >= 0.3 is 5.97 Å². The van der Waals surface area contributed by atoms with Crippen LogP contribution in [0.3, 0.4) is 0 Å². The highest BCUT2D eigenvalue weighted by Crippen LogP contribution is 2.33. The number of aliphatic carboxylic acids is 1. The number of aryl methyl sites for hydroxylation is 1. The lowest BCUT2D eigenvalue weighted by molar-refractivity contribution is -0.140. The molecule has 2 atom stereocenters. The number of nitrogens with one attached hydrogen (secondary N) is 1. The summed E-state index contributed by atoms with van der Waals surface area (Å²) < 4.78 is 12.8. The lowest BCUT2D eigenvalue weighted by Crippen LogP contribution is -2.55. The van der Waals surface area contributed by atoms with Crippen molar-refractivity contribution in [3.05, 3.63) is 46.8 Å². The Kier molecular flexibility index (Phi) is 7.74. The summed E-state index contributed by atoms with van der Waals surface area (Å²) in [4.78, 5) is 52.0. The van der Waals surface area contributed by atoms with Gasteiger partial charge in [0.25, 0.3) is 5.91 Å². The number of likely N-dealkylation sites (tertiary alicyclic amines) is 1. The van der Waals surface area contributed by atoms with Gasteiger partial charge in [-0.15, -0.1) is 11.3 Å². The number of alkyl halides is 1. The van der Waals surface area contributed by atoms with E-state index in [2.05, 4.69) is 5.32 Å². The van der Waals surface area contributed by atoms with Crippen LogP contribution in [-0.2, 0) is 14.4 Å². The molecule has 1 aromatic carbocycles.